The number of hydrogen-bond donors (Lipinski definition) is 0. The normalized spacial score (nSPS) is 26.4. The molecule has 0 spiro atoms. The van der Waals surface area contributed by atoms with Gasteiger partial charge in [0.05, 0.1) is 17.8 Å². The molecule has 10 heteroatoms. The van der Waals surface area contributed by atoms with E-state index in [1.54, 1.807) is 0 Å². The molecule has 0 unspecified atom stereocenters. The molecule has 0 bridgehead atoms. The fourth-order valence-corrected chi connectivity index (χ4v) is 6.61. The van der Waals surface area contributed by atoms with Crippen LogP contribution in [0.4, 0.5) is 13.2 Å². The number of hydrogen-bond acceptors (Lipinski definition) is 5. The quantitative estimate of drug-likeness (QED) is 0.354. The topological polar surface area (TPSA) is 61.0 Å². The lowest BCUT2D eigenvalue weighted by atomic mass is 9.81. The third-order valence-electron chi connectivity index (χ3n) is 9.16. The van der Waals surface area contributed by atoms with Crippen LogP contribution in [0.2, 0.25) is 0 Å². The molecule has 210 valence electrons. The van der Waals surface area contributed by atoms with Crippen molar-refractivity contribution in [2.24, 2.45) is 7.05 Å². The summed E-state index contributed by atoms with van der Waals surface area (Å²) >= 11 is 0. The van der Waals surface area contributed by atoms with Crippen LogP contribution in [0.15, 0.2) is 36.7 Å². The van der Waals surface area contributed by atoms with Crippen LogP contribution in [0.1, 0.15) is 98.4 Å². The average molecular weight is 543 g/mol. The first-order valence-corrected chi connectivity index (χ1v) is 14.3. The van der Waals surface area contributed by atoms with Gasteiger partial charge in [-0.3, -0.25) is 4.68 Å². The molecule has 6 rings (SSSR count). The predicted octanol–water partition coefficient (Wildman–Crippen LogP) is 6.24. The number of aromatic nitrogens is 5. The lowest BCUT2D eigenvalue weighted by Gasteiger charge is -2.41. The fraction of sp³-hybridized carbons (Fsp3) is 0.621. The van der Waals surface area contributed by atoms with Crippen molar-refractivity contribution in [1.82, 2.24) is 29.4 Å². The number of halogens is 3. The average Bonchev–Trinajstić information content (AvgIpc) is 3.54. The van der Waals surface area contributed by atoms with E-state index in [9.17, 15) is 13.2 Å². The Balaban J connectivity index is 1.01. The van der Waals surface area contributed by atoms with E-state index in [2.05, 4.69) is 32.2 Å². The molecule has 0 radical (unpaired) electrons. The van der Waals surface area contributed by atoms with Gasteiger partial charge in [0, 0.05) is 25.2 Å². The molecule has 2 aliphatic carbocycles. The van der Waals surface area contributed by atoms with Crippen LogP contribution in [0.5, 0.6) is 5.75 Å². The fourth-order valence-electron chi connectivity index (χ4n) is 6.61. The Labute approximate surface area is 227 Å². The summed E-state index contributed by atoms with van der Waals surface area (Å²) in [6, 6.07) is 6.12. The summed E-state index contributed by atoms with van der Waals surface area (Å²) in [6.07, 6.45) is 10.6. The zero-order chi connectivity index (χ0) is 27.0. The monoisotopic (exact) mass is 542 g/mol. The van der Waals surface area contributed by atoms with Gasteiger partial charge < -0.3 is 14.2 Å². The van der Waals surface area contributed by atoms with E-state index in [4.69, 9.17) is 9.84 Å². The molecule has 39 heavy (non-hydrogen) atoms. The maximum Gasteiger partial charge on any atom is 0.416 e. The largest absolute Gasteiger partial charge is 0.486 e. The molecular formula is C29H37F3N6O. The standard InChI is InChI=1S/C29H37F3N6O/c1-36-27(19-39-26-5-2-4-23(16-26)29(30,31)32)34-35-28(36)21-8-12-25(13-9-21)38-18-22(17-33-38)20-6-10-24(11-7-20)37-14-3-15-37/h2,4-5,16-18,20-21,24-25H,3,6-15,19H2,1H3. The van der Waals surface area contributed by atoms with Crippen LogP contribution in [0.25, 0.3) is 0 Å². The Morgan fingerprint density at radius 2 is 1.64 bits per heavy atom. The summed E-state index contributed by atoms with van der Waals surface area (Å²) in [4.78, 5) is 2.65. The first-order chi connectivity index (χ1) is 18.8. The summed E-state index contributed by atoms with van der Waals surface area (Å²) in [7, 11) is 1.91. The Kier molecular flexibility index (Phi) is 7.39. The van der Waals surface area contributed by atoms with Gasteiger partial charge in [-0.2, -0.15) is 18.3 Å². The zero-order valence-corrected chi connectivity index (χ0v) is 22.5. The third-order valence-corrected chi connectivity index (χ3v) is 9.16. The third kappa shape index (κ3) is 5.71. The summed E-state index contributed by atoms with van der Waals surface area (Å²) in [5.41, 5.74) is 0.673. The Bertz CT molecular complexity index is 1250. The van der Waals surface area contributed by atoms with Crippen molar-refractivity contribution in [2.75, 3.05) is 13.1 Å². The second kappa shape index (κ2) is 10.9. The minimum atomic E-state index is -4.40. The van der Waals surface area contributed by atoms with Crippen LogP contribution in [0.3, 0.4) is 0 Å². The van der Waals surface area contributed by atoms with Crippen LogP contribution in [0, 0.1) is 0 Å². The first-order valence-electron chi connectivity index (χ1n) is 14.3. The number of rotatable bonds is 7. The second-order valence-corrected chi connectivity index (χ2v) is 11.5. The van der Waals surface area contributed by atoms with Crippen molar-refractivity contribution in [2.45, 2.75) is 94.5 Å². The minimum absolute atomic E-state index is 0.0656. The van der Waals surface area contributed by atoms with E-state index in [-0.39, 0.29) is 12.4 Å². The minimum Gasteiger partial charge on any atom is -0.486 e. The smallest absolute Gasteiger partial charge is 0.416 e. The highest BCUT2D eigenvalue weighted by Gasteiger charge is 2.32. The van der Waals surface area contributed by atoms with Crippen molar-refractivity contribution in [3.8, 4) is 5.75 Å². The maximum atomic E-state index is 13.0. The van der Waals surface area contributed by atoms with Gasteiger partial charge in [-0.1, -0.05) is 6.07 Å². The molecule has 0 atom stereocenters. The number of alkyl halides is 3. The first kappa shape index (κ1) is 26.3. The van der Waals surface area contributed by atoms with Gasteiger partial charge in [0.1, 0.15) is 18.2 Å². The molecule has 2 saturated carbocycles. The molecule has 1 aromatic carbocycles. The van der Waals surface area contributed by atoms with E-state index in [0.29, 0.717) is 23.7 Å². The SMILES string of the molecule is Cn1c(COc2cccc(C(F)(F)F)c2)nnc1C1CCC(n2cc(C3CCC(N4CCC4)CC3)cn2)CC1. The summed E-state index contributed by atoms with van der Waals surface area (Å²) in [6.45, 7) is 2.65. The van der Waals surface area contributed by atoms with Crippen molar-refractivity contribution in [1.29, 1.82) is 0 Å². The van der Waals surface area contributed by atoms with E-state index in [1.165, 1.54) is 62.9 Å². The van der Waals surface area contributed by atoms with Crippen molar-refractivity contribution in [3.63, 3.8) is 0 Å². The molecular weight excluding hydrogens is 505 g/mol. The van der Waals surface area contributed by atoms with Crippen LogP contribution < -0.4 is 4.74 Å². The van der Waals surface area contributed by atoms with Gasteiger partial charge in [-0.05, 0) is 101 Å². The number of likely N-dealkylation sites (tertiary alicyclic amines) is 1. The Morgan fingerprint density at radius 3 is 2.33 bits per heavy atom. The molecule has 7 nitrogen and oxygen atoms in total. The molecule has 3 aromatic rings. The number of nitrogens with zero attached hydrogens (tertiary/aromatic N) is 6. The van der Waals surface area contributed by atoms with Crippen LogP contribution >= 0.6 is 0 Å². The molecule has 1 saturated heterocycles. The molecule has 3 fully saturated rings. The lowest BCUT2D eigenvalue weighted by molar-refractivity contribution is -0.137. The van der Waals surface area contributed by atoms with Gasteiger partial charge >= 0.3 is 6.18 Å². The Morgan fingerprint density at radius 1 is 0.923 bits per heavy atom. The van der Waals surface area contributed by atoms with E-state index in [0.717, 1.165) is 49.7 Å². The molecule has 2 aromatic heterocycles. The van der Waals surface area contributed by atoms with E-state index in [1.807, 2.05) is 11.6 Å². The summed E-state index contributed by atoms with van der Waals surface area (Å²) in [5, 5.41) is 13.5. The van der Waals surface area contributed by atoms with E-state index >= 15 is 0 Å². The Hall–Kier alpha value is -2.88. The highest BCUT2D eigenvalue weighted by molar-refractivity contribution is 5.30. The zero-order valence-electron chi connectivity index (χ0n) is 22.5. The number of benzene rings is 1. The lowest BCUT2D eigenvalue weighted by Crippen LogP contribution is -2.46. The molecule has 3 aliphatic rings. The van der Waals surface area contributed by atoms with Gasteiger partial charge in [0.25, 0.3) is 0 Å². The highest BCUT2D eigenvalue weighted by Crippen LogP contribution is 2.39. The molecule has 0 N–H and O–H groups in total. The maximum absolute atomic E-state index is 13.0. The number of ether oxygens (including phenoxy) is 1. The molecule has 1 aliphatic heterocycles. The van der Waals surface area contributed by atoms with Crippen molar-refractivity contribution in [3.05, 3.63) is 59.4 Å². The second-order valence-electron chi connectivity index (χ2n) is 11.5. The summed E-state index contributed by atoms with van der Waals surface area (Å²) in [5.74, 6) is 2.62. The van der Waals surface area contributed by atoms with Crippen LogP contribution in [-0.2, 0) is 19.8 Å². The van der Waals surface area contributed by atoms with E-state index < -0.39 is 11.7 Å². The molecule has 3 heterocycles. The van der Waals surface area contributed by atoms with Crippen LogP contribution in [-0.4, -0.2) is 48.6 Å². The van der Waals surface area contributed by atoms with Gasteiger partial charge in [0.2, 0.25) is 0 Å². The van der Waals surface area contributed by atoms with Gasteiger partial charge in [-0.25, -0.2) is 0 Å². The molecule has 0 amide bonds. The van der Waals surface area contributed by atoms with Crippen molar-refractivity contribution < 1.29 is 17.9 Å². The van der Waals surface area contributed by atoms with Crippen molar-refractivity contribution >= 4 is 0 Å². The van der Waals surface area contributed by atoms with Gasteiger partial charge in [0.15, 0.2) is 5.82 Å². The predicted molar refractivity (Wildman–Crippen MR) is 140 cm³/mol. The van der Waals surface area contributed by atoms with Gasteiger partial charge in [-0.15, -0.1) is 10.2 Å². The summed E-state index contributed by atoms with van der Waals surface area (Å²) < 4.78 is 48.7. The highest BCUT2D eigenvalue weighted by atomic mass is 19.4.